The molecule has 2 heterocycles. The molecule has 0 amide bonds. The number of aliphatic hydroxyl groups excluding tert-OH is 1. The summed E-state index contributed by atoms with van der Waals surface area (Å²) < 4.78 is 7.40. The second kappa shape index (κ2) is 8.68. The van der Waals surface area contributed by atoms with Crippen molar-refractivity contribution in [2.75, 3.05) is 12.4 Å². The summed E-state index contributed by atoms with van der Waals surface area (Å²) in [6.07, 6.45) is 3.41. The van der Waals surface area contributed by atoms with Crippen LogP contribution in [0, 0.1) is 0 Å². The number of ether oxygens (including phenoxy) is 1. The lowest BCUT2D eigenvalue weighted by atomic mass is 10.2. The molecule has 7 heteroatoms. The Labute approximate surface area is 172 Å². The number of thiophene rings is 1. The van der Waals surface area contributed by atoms with Gasteiger partial charge in [-0.25, -0.2) is 4.98 Å². The zero-order valence-electron chi connectivity index (χ0n) is 15.9. The summed E-state index contributed by atoms with van der Waals surface area (Å²) in [5.74, 6) is 1.17. The molecule has 0 aliphatic heterocycles. The number of benzene rings is 1. The first kappa shape index (κ1) is 19.5. The van der Waals surface area contributed by atoms with E-state index < -0.39 is 6.10 Å². The molecule has 4 rings (SSSR count). The van der Waals surface area contributed by atoms with Crippen LogP contribution in [-0.4, -0.2) is 33.1 Å². The van der Waals surface area contributed by atoms with E-state index in [0.717, 1.165) is 41.6 Å². The smallest absolute Gasteiger partial charge is 0.263 e. The molecular weight excluding hydrogens is 392 g/mol. The monoisotopic (exact) mass is 416 g/mol. The van der Waals surface area contributed by atoms with E-state index in [1.54, 1.807) is 15.9 Å². The van der Waals surface area contributed by atoms with E-state index in [4.69, 9.17) is 9.72 Å². The van der Waals surface area contributed by atoms with E-state index in [2.05, 4.69) is 6.92 Å². The largest absolute Gasteiger partial charge is 0.491 e. The highest BCUT2D eigenvalue weighted by Crippen LogP contribution is 2.35. The highest BCUT2D eigenvalue weighted by molar-refractivity contribution is 7.99. The lowest BCUT2D eigenvalue weighted by molar-refractivity contribution is 0.126. The number of aliphatic hydroxyl groups is 1. The number of hydrogen-bond acceptors (Lipinski definition) is 6. The Morgan fingerprint density at radius 2 is 2.14 bits per heavy atom. The molecule has 2 aromatic heterocycles. The van der Waals surface area contributed by atoms with Crippen molar-refractivity contribution in [3.8, 4) is 5.75 Å². The van der Waals surface area contributed by atoms with Crippen molar-refractivity contribution in [1.82, 2.24) is 9.55 Å². The van der Waals surface area contributed by atoms with Gasteiger partial charge in [-0.2, -0.15) is 0 Å². The third-order valence-electron chi connectivity index (χ3n) is 4.83. The molecule has 0 spiro atoms. The lowest BCUT2D eigenvalue weighted by Gasteiger charge is -2.14. The maximum Gasteiger partial charge on any atom is 0.263 e. The minimum atomic E-state index is -0.638. The van der Waals surface area contributed by atoms with Crippen molar-refractivity contribution >= 4 is 33.3 Å². The average Bonchev–Trinajstić information content (AvgIpc) is 3.29. The Kier molecular flexibility index (Phi) is 6.04. The fourth-order valence-electron chi connectivity index (χ4n) is 3.52. The molecule has 1 N–H and O–H groups in total. The van der Waals surface area contributed by atoms with Crippen LogP contribution in [0.25, 0.3) is 10.2 Å². The summed E-state index contributed by atoms with van der Waals surface area (Å²) in [6.45, 7) is 2.92. The number of hydrogen-bond donors (Lipinski definition) is 1. The third-order valence-corrected chi connectivity index (χ3v) is 7.13. The molecule has 1 aliphatic rings. The Bertz CT molecular complexity index is 1010. The number of nitrogens with zero attached hydrogens (tertiary/aromatic N) is 2. The summed E-state index contributed by atoms with van der Waals surface area (Å²) in [5.41, 5.74) is 1.29. The molecule has 0 fully saturated rings. The van der Waals surface area contributed by atoms with Gasteiger partial charge in [-0.15, -0.1) is 11.3 Å². The van der Waals surface area contributed by atoms with E-state index in [0.29, 0.717) is 17.5 Å². The zero-order chi connectivity index (χ0) is 19.5. The molecule has 1 aromatic carbocycles. The number of thioether (sulfide) groups is 1. The van der Waals surface area contributed by atoms with Crippen molar-refractivity contribution in [2.45, 2.75) is 50.4 Å². The topological polar surface area (TPSA) is 64.3 Å². The second-order valence-electron chi connectivity index (χ2n) is 6.98. The first-order valence-electron chi connectivity index (χ1n) is 9.71. The van der Waals surface area contributed by atoms with Crippen LogP contribution in [0.2, 0.25) is 0 Å². The van der Waals surface area contributed by atoms with Gasteiger partial charge in [-0.3, -0.25) is 9.36 Å². The van der Waals surface area contributed by atoms with Crippen molar-refractivity contribution in [3.05, 3.63) is 51.1 Å². The van der Waals surface area contributed by atoms with Crippen LogP contribution in [0.15, 0.2) is 40.3 Å². The molecule has 28 heavy (non-hydrogen) atoms. The molecule has 0 saturated heterocycles. The highest BCUT2D eigenvalue weighted by Gasteiger charge is 2.23. The van der Waals surface area contributed by atoms with Gasteiger partial charge in [0, 0.05) is 17.2 Å². The van der Waals surface area contributed by atoms with Gasteiger partial charge in [-0.1, -0.05) is 36.9 Å². The molecule has 0 radical (unpaired) electrons. The summed E-state index contributed by atoms with van der Waals surface area (Å²) in [4.78, 5) is 20.1. The molecule has 1 aliphatic carbocycles. The van der Waals surface area contributed by atoms with Crippen molar-refractivity contribution in [3.63, 3.8) is 0 Å². The molecule has 0 unspecified atom stereocenters. The van der Waals surface area contributed by atoms with E-state index in [1.165, 1.54) is 22.2 Å². The lowest BCUT2D eigenvalue weighted by Crippen LogP contribution is -2.25. The Morgan fingerprint density at radius 3 is 2.93 bits per heavy atom. The third kappa shape index (κ3) is 3.97. The zero-order valence-corrected chi connectivity index (χ0v) is 17.5. The van der Waals surface area contributed by atoms with E-state index in [1.807, 2.05) is 30.3 Å². The van der Waals surface area contributed by atoms with Crippen LogP contribution >= 0.6 is 23.1 Å². The van der Waals surface area contributed by atoms with Crippen molar-refractivity contribution < 1.29 is 9.84 Å². The van der Waals surface area contributed by atoms with Crippen LogP contribution in [0.1, 0.15) is 30.2 Å². The molecule has 0 saturated carbocycles. The molecule has 5 nitrogen and oxygen atoms in total. The number of aryl methyl sites for hydroxylation is 2. The Balaban J connectivity index is 1.51. The SMILES string of the molecule is CCCn1c(SC[C@H](O)COc2ccccc2)nc2sc3c(c2c1=O)CCC3. The predicted octanol–water partition coefficient (Wildman–Crippen LogP) is 3.89. The first-order valence-corrected chi connectivity index (χ1v) is 11.5. The highest BCUT2D eigenvalue weighted by atomic mass is 32.2. The summed E-state index contributed by atoms with van der Waals surface area (Å²) in [5, 5.41) is 11.8. The van der Waals surface area contributed by atoms with Gasteiger partial charge in [0.25, 0.3) is 5.56 Å². The van der Waals surface area contributed by atoms with Gasteiger partial charge in [0.2, 0.25) is 0 Å². The summed E-state index contributed by atoms with van der Waals surface area (Å²) in [7, 11) is 0. The maximum atomic E-state index is 13.1. The maximum absolute atomic E-state index is 13.1. The molecule has 148 valence electrons. The van der Waals surface area contributed by atoms with Crippen LogP contribution < -0.4 is 10.3 Å². The Morgan fingerprint density at radius 1 is 1.32 bits per heavy atom. The number of para-hydroxylation sites is 1. The average molecular weight is 417 g/mol. The number of rotatable bonds is 8. The van der Waals surface area contributed by atoms with E-state index in [9.17, 15) is 9.90 Å². The van der Waals surface area contributed by atoms with Gasteiger partial charge in [0.05, 0.1) is 11.5 Å². The van der Waals surface area contributed by atoms with Gasteiger partial charge >= 0.3 is 0 Å². The fraction of sp³-hybridized carbons (Fsp3) is 0.429. The van der Waals surface area contributed by atoms with Gasteiger partial charge in [0.1, 0.15) is 17.2 Å². The summed E-state index contributed by atoms with van der Waals surface area (Å²) in [6, 6.07) is 9.46. The van der Waals surface area contributed by atoms with Crippen LogP contribution in [0.4, 0.5) is 0 Å². The minimum absolute atomic E-state index is 0.0729. The van der Waals surface area contributed by atoms with Gasteiger partial charge in [0.15, 0.2) is 5.16 Å². The van der Waals surface area contributed by atoms with Crippen LogP contribution in [0.5, 0.6) is 5.75 Å². The minimum Gasteiger partial charge on any atom is -0.491 e. The molecule has 3 aromatic rings. The van der Waals surface area contributed by atoms with Gasteiger partial charge in [-0.05, 0) is 43.4 Å². The standard InChI is InChI=1S/C21H24N2O3S2/c1-2-11-23-20(25)18-16-9-6-10-17(16)28-19(18)22-21(23)27-13-14(24)12-26-15-7-4-3-5-8-15/h3-5,7-8,14,24H,2,6,9-13H2,1H3/t14-/m1/s1. The van der Waals surface area contributed by atoms with Crippen LogP contribution in [0.3, 0.4) is 0 Å². The molecular formula is C21H24N2O3S2. The first-order chi connectivity index (χ1) is 13.7. The molecule has 0 bridgehead atoms. The Hall–Kier alpha value is -1.83. The molecule has 1 atom stereocenters. The quantitative estimate of drug-likeness (QED) is 0.446. The van der Waals surface area contributed by atoms with Crippen LogP contribution in [-0.2, 0) is 19.4 Å². The van der Waals surface area contributed by atoms with E-state index in [-0.39, 0.29) is 12.2 Å². The fourth-order valence-corrected chi connectivity index (χ4v) is 5.75. The van der Waals surface area contributed by atoms with E-state index >= 15 is 0 Å². The van der Waals surface area contributed by atoms with Gasteiger partial charge < -0.3 is 9.84 Å². The summed E-state index contributed by atoms with van der Waals surface area (Å²) >= 11 is 3.09. The normalized spacial score (nSPS) is 14.4. The predicted molar refractivity (Wildman–Crippen MR) is 115 cm³/mol. The number of fused-ring (bicyclic) bond motifs is 3. The van der Waals surface area contributed by atoms with Crippen molar-refractivity contribution in [2.24, 2.45) is 0 Å². The van der Waals surface area contributed by atoms with Crippen molar-refractivity contribution in [1.29, 1.82) is 0 Å². The number of aromatic nitrogens is 2. The second-order valence-corrected chi connectivity index (χ2v) is 9.05.